The summed E-state index contributed by atoms with van der Waals surface area (Å²) in [7, 11) is 0. The van der Waals surface area contributed by atoms with Gasteiger partial charge in [-0.25, -0.2) is 9.78 Å². The molecule has 6 rings (SSSR count). The van der Waals surface area contributed by atoms with Crippen molar-refractivity contribution in [3.63, 3.8) is 0 Å². The number of Topliss-reactive ketones (excluding diaryl/α,β-unsaturated/α-hetero) is 1. The fourth-order valence-electron chi connectivity index (χ4n) is 5.42. The first-order chi connectivity index (χ1) is 19.8. The lowest BCUT2D eigenvalue weighted by molar-refractivity contribution is -0.122. The van der Waals surface area contributed by atoms with Crippen molar-refractivity contribution in [1.82, 2.24) is 4.98 Å². The van der Waals surface area contributed by atoms with E-state index >= 15 is 0 Å². The summed E-state index contributed by atoms with van der Waals surface area (Å²) in [6, 6.07) is 20.6. The van der Waals surface area contributed by atoms with E-state index in [0.29, 0.717) is 51.3 Å². The van der Waals surface area contributed by atoms with Crippen LogP contribution in [-0.2, 0) is 14.3 Å². The van der Waals surface area contributed by atoms with E-state index in [4.69, 9.17) is 21.3 Å². The lowest BCUT2D eigenvalue weighted by Crippen LogP contribution is -2.30. The van der Waals surface area contributed by atoms with Crippen molar-refractivity contribution in [2.45, 2.75) is 19.8 Å². The summed E-state index contributed by atoms with van der Waals surface area (Å²) in [5, 5.41) is 1.12. The summed E-state index contributed by atoms with van der Waals surface area (Å²) in [5.74, 6) is -1.95. The summed E-state index contributed by atoms with van der Waals surface area (Å²) in [6.07, 6.45) is 5.08. The average molecular weight is 565 g/mol. The SMILES string of the molecule is Cc1ccc2nc(-c3ccc(N4C(=O)[C@H]5CC=CC[C@H]5C4=O)cc3)cc(C(=O)OCC(=O)c3ccc(Cl)cc3)c2c1. The second-order valence-corrected chi connectivity index (χ2v) is 10.7. The molecule has 1 fully saturated rings. The molecular weight excluding hydrogens is 540 g/mol. The van der Waals surface area contributed by atoms with Crippen LogP contribution in [0.25, 0.3) is 22.2 Å². The average Bonchev–Trinajstić information content (AvgIpc) is 3.25. The number of anilines is 1. The van der Waals surface area contributed by atoms with Crippen LogP contribution in [0.4, 0.5) is 5.69 Å². The highest BCUT2D eigenvalue weighted by Gasteiger charge is 2.47. The Kier molecular flexibility index (Phi) is 6.97. The van der Waals surface area contributed by atoms with Gasteiger partial charge in [-0.2, -0.15) is 0 Å². The first-order valence-electron chi connectivity index (χ1n) is 13.3. The Morgan fingerprint density at radius 3 is 2.22 bits per heavy atom. The molecule has 8 heteroatoms. The van der Waals surface area contributed by atoms with Crippen LogP contribution < -0.4 is 4.90 Å². The third-order valence-corrected chi connectivity index (χ3v) is 7.87. The first kappa shape index (κ1) is 26.6. The summed E-state index contributed by atoms with van der Waals surface area (Å²) in [4.78, 5) is 57.9. The zero-order valence-electron chi connectivity index (χ0n) is 22.2. The number of imide groups is 1. The number of carbonyl (C=O) groups is 4. The number of ether oxygens (including phenoxy) is 1. The van der Waals surface area contributed by atoms with Crippen molar-refractivity contribution < 1.29 is 23.9 Å². The molecule has 2 heterocycles. The molecule has 0 bridgehead atoms. The number of amides is 2. The molecule has 3 aromatic carbocycles. The van der Waals surface area contributed by atoms with Gasteiger partial charge in [0, 0.05) is 21.5 Å². The Labute approximate surface area is 241 Å². The van der Waals surface area contributed by atoms with Gasteiger partial charge in [0.25, 0.3) is 0 Å². The van der Waals surface area contributed by atoms with Crippen molar-refractivity contribution >= 4 is 51.8 Å². The molecule has 2 aliphatic rings. The highest BCUT2D eigenvalue weighted by atomic mass is 35.5. The molecule has 2 amide bonds. The van der Waals surface area contributed by atoms with Gasteiger partial charge >= 0.3 is 5.97 Å². The molecule has 0 radical (unpaired) electrons. The number of aromatic nitrogens is 1. The number of fused-ring (bicyclic) bond motifs is 2. The second kappa shape index (κ2) is 10.7. The van der Waals surface area contributed by atoms with E-state index in [2.05, 4.69) is 0 Å². The normalized spacial score (nSPS) is 18.0. The number of ketones is 1. The smallest absolute Gasteiger partial charge is 0.339 e. The molecule has 1 aromatic heterocycles. The van der Waals surface area contributed by atoms with E-state index in [1.807, 2.05) is 37.3 Å². The lowest BCUT2D eigenvalue weighted by atomic mass is 9.85. The number of benzene rings is 3. The van der Waals surface area contributed by atoms with Crippen LogP contribution in [0.3, 0.4) is 0 Å². The number of hydrogen-bond donors (Lipinski definition) is 0. The second-order valence-electron chi connectivity index (χ2n) is 10.3. The van der Waals surface area contributed by atoms with Gasteiger partial charge < -0.3 is 4.74 Å². The van der Waals surface area contributed by atoms with E-state index in [1.54, 1.807) is 54.6 Å². The minimum absolute atomic E-state index is 0.172. The van der Waals surface area contributed by atoms with Crippen molar-refractivity contribution in [2.24, 2.45) is 11.8 Å². The van der Waals surface area contributed by atoms with Gasteiger partial charge in [-0.1, -0.05) is 47.5 Å². The Bertz CT molecular complexity index is 1720. The standard InChI is InChI=1S/C33H25ClN2O5/c1-19-6-15-28-26(16-19)27(33(40)41-18-30(37)21-7-11-22(34)12-8-21)17-29(35-28)20-9-13-23(14-10-20)36-31(38)24-4-2-3-5-25(24)32(36)39/h2-3,6-17,24-25H,4-5,18H2,1H3/t24-,25+. The molecule has 7 nitrogen and oxygen atoms in total. The number of allylic oxidation sites excluding steroid dienone is 2. The van der Waals surface area contributed by atoms with Crippen LogP contribution >= 0.6 is 11.6 Å². The molecule has 0 spiro atoms. The van der Waals surface area contributed by atoms with Crippen LogP contribution in [0.2, 0.25) is 5.02 Å². The lowest BCUT2D eigenvalue weighted by Gasteiger charge is -2.15. The Morgan fingerprint density at radius 1 is 0.902 bits per heavy atom. The van der Waals surface area contributed by atoms with Gasteiger partial charge in [-0.05, 0) is 74.4 Å². The monoisotopic (exact) mass is 564 g/mol. The molecule has 1 aliphatic carbocycles. The van der Waals surface area contributed by atoms with E-state index in [9.17, 15) is 19.2 Å². The molecule has 0 N–H and O–H groups in total. The quantitative estimate of drug-likeness (QED) is 0.117. The summed E-state index contributed by atoms with van der Waals surface area (Å²) >= 11 is 5.90. The fraction of sp³-hybridized carbons (Fsp3) is 0.182. The zero-order chi connectivity index (χ0) is 28.7. The number of carbonyl (C=O) groups excluding carboxylic acids is 4. The predicted octanol–water partition coefficient (Wildman–Crippen LogP) is 6.36. The Hall–Kier alpha value is -4.62. The molecule has 1 saturated heterocycles. The molecule has 204 valence electrons. The van der Waals surface area contributed by atoms with Crippen molar-refractivity contribution in [3.8, 4) is 11.3 Å². The van der Waals surface area contributed by atoms with Crippen LogP contribution in [0, 0.1) is 18.8 Å². The van der Waals surface area contributed by atoms with Crippen LogP contribution in [0.15, 0.2) is 84.9 Å². The molecule has 2 atom stereocenters. The number of pyridine rings is 1. The highest BCUT2D eigenvalue weighted by molar-refractivity contribution is 6.30. The molecule has 1 aliphatic heterocycles. The van der Waals surface area contributed by atoms with Gasteiger partial charge in [0.2, 0.25) is 11.8 Å². The largest absolute Gasteiger partial charge is 0.454 e. The number of aryl methyl sites for hydroxylation is 1. The maximum atomic E-state index is 13.3. The van der Waals surface area contributed by atoms with Gasteiger partial charge in [0.1, 0.15) is 0 Å². The van der Waals surface area contributed by atoms with E-state index < -0.39 is 12.6 Å². The van der Waals surface area contributed by atoms with E-state index in [-0.39, 0.29) is 35.0 Å². The highest BCUT2D eigenvalue weighted by Crippen LogP contribution is 2.38. The van der Waals surface area contributed by atoms with Gasteiger partial charge in [-0.3, -0.25) is 19.3 Å². The minimum Gasteiger partial charge on any atom is -0.454 e. The van der Waals surface area contributed by atoms with E-state index in [1.165, 1.54) is 4.90 Å². The molecule has 0 saturated carbocycles. The molecular formula is C33H25ClN2O5. The predicted molar refractivity (Wildman–Crippen MR) is 156 cm³/mol. The Morgan fingerprint density at radius 2 is 1.56 bits per heavy atom. The fourth-order valence-corrected chi connectivity index (χ4v) is 5.55. The number of halogens is 1. The zero-order valence-corrected chi connectivity index (χ0v) is 22.9. The molecule has 41 heavy (non-hydrogen) atoms. The summed E-state index contributed by atoms with van der Waals surface area (Å²) < 4.78 is 5.43. The molecule has 4 aromatic rings. The molecule has 0 unspecified atom stereocenters. The van der Waals surface area contributed by atoms with Crippen molar-refractivity contribution in [3.05, 3.63) is 107 Å². The van der Waals surface area contributed by atoms with Crippen LogP contribution in [0.5, 0.6) is 0 Å². The number of rotatable bonds is 6. The maximum Gasteiger partial charge on any atom is 0.339 e. The summed E-state index contributed by atoms with van der Waals surface area (Å²) in [6.45, 7) is 1.49. The van der Waals surface area contributed by atoms with E-state index in [0.717, 1.165) is 5.56 Å². The van der Waals surface area contributed by atoms with Gasteiger partial charge in [0.05, 0.1) is 34.3 Å². The maximum absolute atomic E-state index is 13.3. The van der Waals surface area contributed by atoms with Gasteiger partial charge in [-0.15, -0.1) is 0 Å². The summed E-state index contributed by atoms with van der Waals surface area (Å²) in [5.41, 5.74) is 3.93. The van der Waals surface area contributed by atoms with Crippen molar-refractivity contribution in [1.29, 1.82) is 0 Å². The first-order valence-corrected chi connectivity index (χ1v) is 13.7. The van der Waals surface area contributed by atoms with Gasteiger partial charge in [0.15, 0.2) is 12.4 Å². The topological polar surface area (TPSA) is 93.6 Å². The minimum atomic E-state index is -0.646. The third kappa shape index (κ3) is 5.05. The number of nitrogens with zero attached hydrogens (tertiary/aromatic N) is 2. The van der Waals surface area contributed by atoms with Crippen LogP contribution in [0.1, 0.15) is 39.1 Å². The Balaban J connectivity index is 1.28. The van der Waals surface area contributed by atoms with Crippen molar-refractivity contribution in [2.75, 3.05) is 11.5 Å². The third-order valence-electron chi connectivity index (χ3n) is 7.61. The van der Waals surface area contributed by atoms with Crippen LogP contribution in [-0.4, -0.2) is 35.2 Å². The number of esters is 1. The number of hydrogen-bond acceptors (Lipinski definition) is 6.